The molecule has 0 atom stereocenters. The van der Waals surface area contributed by atoms with E-state index in [9.17, 15) is 18.0 Å². The van der Waals surface area contributed by atoms with E-state index in [1.165, 1.54) is 35.3 Å². The number of hydrogen-bond donors (Lipinski definition) is 1. The number of ether oxygens (including phenoxy) is 1. The number of rotatable bonds is 5. The van der Waals surface area contributed by atoms with E-state index in [1.54, 1.807) is 12.2 Å². The SMILES string of the molecule is C/C=C/C=C/C(=O)OCC(=O)N1CCc2cc(S(N)(=O)=O)ccc21. The summed E-state index contributed by atoms with van der Waals surface area (Å²) in [5.41, 5.74) is 1.32. The maximum atomic E-state index is 12.2. The lowest BCUT2D eigenvalue weighted by Crippen LogP contribution is -2.33. The highest BCUT2D eigenvalue weighted by Gasteiger charge is 2.26. The van der Waals surface area contributed by atoms with Crippen LogP contribution in [0.25, 0.3) is 0 Å². The summed E-state index contributed by atoms with van der Waals surface area (Å²) in [5.74, 6) is -0.977. The lowest BCUT2D eigenvalue weighted by atomic mass is 10.2. The van der Waals surface area contributed by atoms with Crippen LogP contribution in [0.5, 0.6) is 0 Å². The molecule has 1 heterocycles. The van der Waals surface area contributed by atoms with Crippen LogP contribution in [0.2, 0.25) is 0 Å². The van der Waals surface area contributed by atoms with E-state index in [2.05, 4.69) is 0 Å². The minimum absolute atomic E-state index is 0.0103. The number of nitrogens with two attached hydrogens (primary N) is 1. The number of carbonyl (C=O) groups excluding carboxylic acids is 2. The number of anilines is 1. The Morgan fingerprint density at radius 2 is 2.08 bits per heavy atom. The third-order valence-corrected chi connectivity index (χ3v) is 4.36. The molecule has 0 bridgehead atoms. The molecule has 0 saturated heterocycles. The number of hydrogen-bond acceptors (Lipinski definition) is 5. The highest BCUT2D eigenvalue weighted by Crippen LogP contribution is 2.29. The van der Waals surface area contributed by atoms with Gasteiger partial charge in [0.1, 0.15) is 0 Å². The Bertz CT molecular complexity index is 812. The second-order valence-corrected chi connectivity index (χ2v) is 6.68. The Labute approximate surface area is 140 Å². The fourth-order valence-corrected chi connectivity index (χ4v) is 2.88. The molecule has 2 rings (SSSR count). The van der Waals surface area contributed by atoms with Crippen LogP contribution < -0.4 is 10.0 Å². The Morgan fingerprint density at radius 1 is 1.33 bits per heavy atom. The Kier molecular flexibility index (Phi) is 5.53. The number of benzene rings is 1. The second kappa shape index (κ2) is 7.41. The fourth-order valence-electron chi connectivity index (χ4n) is 2.32. The Balaban J connectivity index is 2.03. The quantitative estimate of drug-likeness (QED) is 0.482. The monoisotopic (exact) mass is 350 g/mol. The highest BCUT2D eigenvalue weighted by atomic mass is 32.2. The molecule has 0 saturated carbocycles. The minimum Gasteiger partial charge on any atom is -0.452 e. The first-order valence-corrected chi connectivity index (χ1v) is 8.80. The molecule has 128 valence electrons. The normalized spacial score (nSPS) is 14.3. The van der Waals surface area contributed by atoms with Crippen molar-refractivity contribution in [3.8, 4) is 0 Å². The van der Waals surface area contributed by atoms with Crippen LogP contribution in [-0.4, -0.2) is 33.4 Å². The average Bonchev–Trinajstić information content (AvgIpc) is 2.95. The first-order chi connectivity index (χ1) is 11.3. The number of allylic oxidation sites excluding steroid dienone is 3. The maximum absolute atomic E-state index is 12.2. The van der Waals surface area contributed by atoms with Gasteiger partial charge in [-0.3, -0.25) is 4.79 Å². The topological polar surface area (TPSA) is 107 Å². The summed E-state index contributed by atoms with van der Waals surface area (Å²) >= 11 is 0. The van der Waals surface area contributed by atoms with Gasteiger partial charge in [0, 0.05) is 18.3 Å². The predicted octanol–water partition coefficient (Wildman–Crippen LogP) is 0.899. The van der Waals surface area contributed by atoms with E-state index >= 15 is 0 Å². The molecule has 0 aliphatic carbocycles. The summed E-state index contributed by atoms with van der Waals surface area (Å²) in [6, 6.07) is 4.35. The van der Waals surface area contributed by atoms with Crippen molar-refractivity contribution in [1.29, 1.82) is 0 Å². The van der Waals surface area contributed by atoms with E-state index < -0.39 is 16.0 Å². The van der Waals surface area contributed by atoms with Crippen LogP contribution in [0.1, 0.15) is 12.5 Å². The first-order valence-electron chi connectivity index (χ1n) is 7.25. The molecule has 0 radical (unpaired) electrons. The van der Waals surface area contributed by atoms with Gasteiger partial charge < -0.3 is 9.64 Å². The number of amides is 1. The number of carbonyl (C=O) groups is 2. The van der Waals surface area contributed by atoms with Crippen LogP contribution >= 0.6 is 0 Å². The number of nitrogens with zero attached hydrogens (tertiary/aromatic N) is 1. The third-order valence-electron chi connectivity index (χ3n) is 3.45. The lowest BCUT2D eigenvalue weighted by Gasteiger charge is -2.17. The summed E-state index contributed by atoms with van der Waals surface area (Å²) in [5, 5.41) is 5.10. The van der Waals surface area contributed by atoms with E-state index in [0.29, 0.717) is 24.2 Å². The summed E-state index contributed by atoms with van der Waals surface area (Å²) < 4.78 is 27.6. The standard InChI is InChI=1S/C16H18N2O5S/c1-2-3-4-5-16(20)23-11-15(19)18-9-8-12-10-13(24(17,21)22)6-7-14(12)18/h2-7,10H,8-9,11H2,1H3,(H2,17,21,22)/b3-2+,5-4+. The van der Waals surface area contributed by atoms with Gasteiger partial charge in [0.2, 0.25) is 10.0 Å². The van der Waals surface area contributed by atoms with Gasteiger partial charge in [-0.2, -0.15) is 0 Å². The zero-order valence-corrected chi connectivity index (χ0v) is 14.0. The molecule has 1 aliphatic heterocycles. The molecule has 1 aromatic rings. The van der Waals surface area contributed by atoms with E-state index in [1.807, 2.05) is 6.92 Å². The Morgan fingerprint density at radius 3 is 2.75 bits per heavy atom. The smallest absolute Gasteiger partial charge is 0.331 e. The van der Waals surface area contributed by atoms with E-state index in [-0.39, 0.29) is 17.4 Å². The van der Waals surface area contributed by atoms with E-state index in [0.717, 1.165) is 0 Å². The lowest BCUT2D eigenvalue weighted by molar-refractivity contribution is -0.142. The van der Waals surface area contributed by atoms with Crippen molar-refractivity contribution in [2.45, 2.75) is 18.2 Å². The molecule has 1 aliphatic rings. The van der Waals surface area contributed by atoms with Crippen molar-refractivity contribution in [3.05, 3.63) is 48.1 Å². The van der Waals surface area contributed by atoms with Crippen LogP contribution in [-0.2, 0) is 30.8 Å². The molecule has 1 aromatic carbocycles. The molecule has 0 aromatic heterocycles. The molecule has 8 heteroatoms. The van der Waals surface area contributed by atoms with Crippen LogP contribution in [0.3, 0.4) is 0 Å². The molecule has 0 unspecified atom stereocenters. The van der Waals surface area contributed by atoms with Crippen molar-refractivity contribution < 1.29 is 22.7 Å². The van der Waals surface area contributed by atoms with Gasteiger partial charge in [-0.25, -0.2) is 18.4 Å². The molecular weight excluding hydrogens is 332 g/mol. The van der Waals surface area contributed by atoms with Gasteiger partial charge >= 0.3 is 5.97 Å². The summed E-state index contributed by atoms with van der Waals surface area (Å²) in [7, 11) is -3.78. The van der Waals surface area contributed by atoms with Gasteiger partial charge in [0.05, 0.1) is 4.90 Å². The van der Waals surface area contributed by atoms with Crippen LogP contribution in [0.15, 0.2) is 47.4 Å². The predicted molar refractivity (Wildman–Crippen MR) is 88.8 cm³/mol. The summed E-state index contributed by atoms with van der Waals surface area (Å²) in [6.07, 6.45) is 6.69. The first kappa shape index (κ1) is 17.9. The fraction of sp³-hybridized carbons (Fsp3) is 0.250. The number of fused-ring (bicyclic) bond motifs is 1. The van der Waals surface area contributed by atoms with Gasteiger partial charge in [0.25, 0.3) is 5.91 Å². The molecule has 2 N–H and O–H groups in total. The zero-order valence-electron chi connectivity index (χ0n) is 13.1. The molecular formula is C16H18N2O5S. The Hall–Kier alpha value is -2.45. The van der Waals surface area contributed by atoms with Crippen molar-refractivity contribution >= 4 is 27.6 Å². The van der Waals surface area contributed by atoms with Gasteiger partial charge in [-0.15, -0.1) is 0 Å². The van der Waals surface area contributed by atoms with Crippen molar-refractivity contribution in [3.63, 3.8) is 0 Å². The number of primary sulfonamides is 1. The number of esters is 1. The van der Waals surface area contributed by atoms with Crippen LogP contribution in [0.4, 0.5) is 5.69 Å². The molecule has 0 spiro atoms. The highest BCUT2D eigenvalue weighted by molar-refractivity contribution is 7.89. The number of sulfonamides is 1. The summed E-state index contributed by atoms with van der Waals surface area (Å²) in [6.45, 7) is 1.83. The van der Waals surface area contributed by atoms with Crippen molar-refractivity contribution in [2.24, 2.45) is 5.14 Å². The van der Waals surface area contributed by atoms with Crippen LogP contribution in [0, 0.1) is 0 Å². The van der Waals surface area contributed by atoms with E-state index in [4.69, 9.17) is 9.88 Å². The largest absolute Gasteiger partial charge is 0.452 e. The van der Waals surface area contributed by atoms with Crippen molar-refractivity contribution in [1.82, 2.24) is 0 Å². The molecule has 24 heavy (non-hydrogen) atoms. The molecule has 1 amide bonds. The molecule has 0 fully saturated rings. The summed E-state index contributed by atoms with van der Waals surface area (Å²) in [4.78, 5) is 25.1. The zero-order chi connectivity index (χ0) is 17.7. The average molecular weight is 350 g/mol. The minimum atomic E-state index is -3.78. The van der Waals surface area contributed by atoms with Crippen molar-refractivity contribution in [2.75, 3.05) is 18.1 Å². The van der Waals surface area contributed by atoms with Gasteiger partial charge in [-0.1, -0.05) is 18.2 Å². The van der Waals surface area contributed by atoms with Gasteiger partial charge in [-0.05, 0) is 37.1 Å². The maximum Gasteiger partial charge on any atom is 0.331 e. The third kappa shape index (κ3) is 4.30. The van der Waals surface area contributed by atoms with Gasteiger partial charge in [0.15, 0.2) is 6.61 Å². The second-order valence-electron chi connectivity index (χ2n) is 5.12. The molecule has 7 nitrogen and oxygen atoms in total.